The second-order valence-electron chi connectivity index (χ2n) is 7.65. The van der Waals surface area contributed by atoms with Crippen molar-refractivity contribution < 1.29 is 37.0 Å². The summed E-state index contributed by atoms with van der Waals surface area (Å²) in [6.07, 6.45) is -0.347. The number of esters is 3. The number of thioether (sulfide) groups is 1. The first-order chi connectivity index (χ1) is 18.0. The maximum absolute atomic E-state index is 13.1. The molecule has 1 aromatic rings. The molecule has 0 saturated heterocycles. The number of anilines is 1. The van der Waals surface area contributed by atoms with Crippen LogP contribution < -0.4 is 10.4 Å². The van der Waals surface area contributed by atoms with Crippen molar-refractivity contribution in [3.8, 4) is 5.69 Å². The highest BCUT2D eigenvalue weighted by atomic mass is 32.2. The van der Waals surface area contributed by atoms with E-state index >= 15 is 0 Å². The molecule has 0 bridgehead atoms. The Morgan fingerprint density at radius 1 is 1.11 bits per heavy atom. The summed E-state index contributed by atoms with van der Waals surface area (Å²) in [4.78, 5) is 53.7. The predicted molar refractivity (Wildman–Crippen MR) is 140 cm³/mol. The van der Waals surface area contributed by atoms with E-state index in [4.69, 9.17) is 14.2 Å². The van der Waals surface area contributed by atoms with Gasteiger partial charge in [-0.2, -0.15) is 4.98 Å². The number of hydrogen-bond acceptors (Lipinski definition) is 12. The number of benzene rings is 1. The van der Waals surface area contributed by atoms with Crippen LogP contribution in [0.2, 0.25) is 0 Å². The molecular formula is C23H25N3O9S3. The van der Waals surface area contributed by atoms with Gasteiger partial charge in [0, 0.05) is 10.6 Å². The van der Waals surface area contributed by atoms with Crippen molar-refractivity contribution >= 4 is 56.8 Å². The molecule has 0 saturated carbocycles. The van der Waals surface area contributed by atoms with Gasteiger partial charge in [-0.05, 0) is 26.0 Å². The second kappa shape index (κ2) is 12.4. The van der Waals surface area contributed by atoms with Gasteiger partial charge in [0.25, 0.3) is 10.0 Å². The number of nitrogens with one attached hydrogen (secondary N) is 1. The summed E-state index contributed by atoms with van der Waals surface area (Å²) in [5.41, 5.74) is -0.418. The molecule has 38 heavy (non-hydrogen) atoms. The first-order valence-electron chi connectivity index (χ1n) is 11.1. The molecule has 0 aromatic heterocycles. The molecule has 0 fully saturated rings. The maximum atomic E-state index is 13.1. The standard InChI is InChI=1S/C23H25N3O9S3/c1-5-35-16(27)10-11-36-22-19-20(25-38(31,32)14-8-6-13(2)7-9-14)24-23(30)26(19)18(21(29)34-4)15(37-22)12-17(28)33-3/h6-9H,5,10-12H2,1-4H3,(H,24,25,30). The van der Waals surface area contributed by atoms with Crippen LogP contribution >= 0.6 is 23.1 Å². The molecule has 12 nitrogen and oxygen atoms in total. The van der Waals surface area contributed by atoms with Gasteiger partial charge in [0.05, 0.1) is 42.8 Å². The van der Waals surface area contributed by atoms with E-state index in [1.165, 1.54) is 19.2 Å². The fourth-order valence-electron chi connectivity index (χ4n) is 3.29. The Kier molecular flexibility index (Phi) is 9.51. The number of imidazole rings is 1. The number of carbonyl (C=O) groups excluding carboxylic acids is 3. The van der Waals surface area contributed by atoms with Gasteiger partial charge in [-0.15, -0.1) is 23.1 Å². The monoisotopic (exact) mass is 583 g/mol. The minimum atomic E-state index is -4.17. The van der Waals surface area contributed by atoms with Crippen LogP contribution in [0.4, 0.5) is 5.82 Å². The highest BCUT2D eigenvalue weighted by molar-refractivity contribution is 8.01. The zero-order valence-electron chi connectivity index (χ0n) is 20.9. The van der Waals surface area contributed by atoms with Crippen LogP contribution in [0.5, 0.6) is 0 Å². The van der Waals surface area contributed by atoms with E-state index in [0.29, 0.717) is 4.21 Å². The Morgan fingerprint density at radius 2 is 1.79 bits per heavy atom. The normalized spacial score (nSPS) is 11.3. The summed E-state index contributed by atoms with van der Waals surface area (Å²) in [5, 5.41) is 0. The molecule has 0 unspecified atom stereocenters. The van der Waals surface area contributed by atoms with Crippen molar-refractivity contribution in [2.24, 2.45) is 0 Å². The zero-order chi connectivity index (χ0) is 28.0. The van der Waals surface area contributed by atoms with Crippen molar-refractivity contribution in [2.45, 2.75) is 35.8 Å². The van der Waals surface area contributed by atoms with Crippen molar-refractivity contribution in [1.29, 1.82) is 0 Å². The molecule has 2 aliphatic rings. The number of ether oxygens (including phenoxy) is 3. The van der Waals surface area contributed by atoms with Crippen LogP contribution in [-0.2, 0) is 40.2 Å². The van der Waals surface area contributed by atoms with E-state index in [1.807, 2.05) is 0 Å². The highest BCUT2D eigenvalue weighted by Crippen LogP contribution is 2.39. The van der Waals surface area contributed by atoms with Gasteiger partial charge in [-0.25, -0.2) is 22.6 Å². The first-order valence-corrected chi connectivity index (χ1v) is 14.4. The molecule has 15 heteroatoms. The summed E-state index contributed by atoms with van der Waals surface area (Å²) in [7, 11) is -1.90. The van der Waals surface area contributed by atoms with Gasteiger partial charge in [0.2, 0.25) is 0 Å². The van der Waals surface area contributed by atoms with Crippen LogP contribution in [0.25, 0.3) is 5.69 Å². The van der Waals surface area contributed by atoms with Crippen LogP contribution in [0.1, 0.15) is 34.3 Å². The van der Waals surface area contributed by atoms with Crippen molar-refractivity contribution in [1.82, 2.24) is 9.55 Å². The van der Waals surface area contributed by atoms with Crippen LogP contribution in [-0.4, -0.2) is 62.5 Å². The third kappa shape index (κ3) is 6.52. The smallest absolute Gasteiger partial charge is 0.356 e. The molecule has 2 aliphatic heterocycles. The summed E-state index contributed by atoms with van der Waals surface area (Å²) in [6, 6.07) is 6.04. The van der Waals surface area contributed by atoms with E-state index in [2.05, 4.69) is 9.71 Å². The number of sulfonamides is 1. The van der Waals surface area contributed by atoms with Gasteiger partial charge >= 0.3 is 23.6 Å². The quantitative estimate of drug-likeness (QED) is 0.201. The van der Waals surface area contributed by atoms with E-state index in [-0.39, 0.29) is 52.2 Å². The number of rotatable bonds is 11. The molecule has 204 valence electrons. The lowest BCUT2D eigenvalue weighted by Gasteiger charge is -2.18. The predicted octanol–water partition coefficient (Wildman–Crippen LogP) is 2.39. The molecule has 0 aliphatic carbocycles. The van der Waals surface area contributed by atoms with Crippen molar-refractivity contribution in [3.63, 3.8) is 0 Å². The second-order valence-corrected chi connectivity index (χ2v) is 11.8. The molecule has 2 heterocycles. The van der Waals surface area contributed by atoms with Gasteiger partial charge < -0.3 is 14.2 Å². The van der Waals surface area contributed by atoms with E-state index in [9.17, 15) is 27.6 Å². The Hall–Kier alpha value is -3.43. The molecular weight excluding hydrogens is 558 g/mol. The third-order valence-electron chi connectivity index (χ3n) is 5.06. The maximum Gasteiger partial charge on any atom is 0.356 e. The molecule has 0 spiro atoms. The summed E-state index contributed by atoms with van der Waals surface area (Å²) in [6.45, 7) is 3.69. The van der Waals surface area contributed by atoms with Gasteiger partial charge in [0.1, 0.15) is 11.4 Å². The van der Waals surface area contributed by atoms with Crippen molar-refractivity contribution in [3.05, 3.63) is 50.9 Å². The highest BCUT2D eigenvalue weighted by Gasteiger charge is 2.32. The third-order valence-corrected chi connectivity index (χ3v) is 8.85. The van der Waals surface area contributed by atoms with E-state index in [1.54, 1.807) is 26.0 Å². The molecule has 0 radical (unpaired) electrons. The van der Waals surface area contributed by atoms with E-state index in [0.717, 1.165) is 40.3 Å². The fraction of sp³-hybridized carbons (Fsp3) is 0.348. The van der Waals surface area contributed by atoms with Crippen LogP contribution in [0.15, 0.2) is 38.2 Å². The number of hydrogen-bond donors (Lipinski definition) is 1. The minimum Gasteiger partial charge on any atom is -0.469 e. The SMILES string of the molecule is CCOC(=O)CCSc1sc(CC(=O)OC)c(C(=O)OC)n2c(=O)nc(NS(=O)(=O)c3ccc(C)cc3)c1-2. The lowest BCUT2D eigenvalue weighted by molar-refractivity contribution is -0.142. The number of methoxy groups -OCH3 is 2. The van der Waals surface area contributed by atoms with Gasteiger partial charge in [-0.3, -0.25) is 14.3 Å². The van der Waals surface area contributed by atoms with Gasteiger partial charge in [0.15, 0.2) is 5.82 Å². The number of aromatic nitrogens is 2. The minimum absolute atomic E-state index is 0.0152. The molecule has 0 amide bonds. The van der Waals surface area contributed by atoms with Crippen LogP contribution in [0.3, 0.4) is 0 Å². The first kappa shape index (κ1) is 29.1. The fourth-order valence-corrected chi connectivity index (χ4v) is 6.83. The largest absolute Gasteiger partial charge is 0.469 e. The number of carbonyl (C=O) groups is 3. The lowest BCUT2D eigenvalue weighted by atomic mass is 10.2. The van der Waals surface area contributed by atoms with Crippen LogP contribution in [0, 0.1) is 6.92 Å². The summed E-state index contributed by atoms with van der Waals surface area (Å²) in [5.74, 6) is -2.18. The Morgan fingerprint density at radius 3 is 2.39 bits per heavy atom. The average Bonchev–Trinajstić information content (AvgIpc) is 3.18. The average molecular weight is 584 g/mol. The summed E-state index contributed by atoms with van der Waals surface area (Å²) < 4.78 is 44.3. The molecule has 0 atom stereocenters. The number of aryl methyl sites for hydroxylation is 1. The Bertz CT molecular complexity index is 1480. The Balaban J connectivity index is 2.19. The molecule has 3 rings (SSSR count). The van der Waals surface area contributed by atoms with Crippen molar-refractivity contribution in [2.75, 3.05) is 31.3 Å². The molecule has 1 N–H and O–H groups in total. The summed E-state index contributed by atoms with van der Waals surface area (Å²) >= 11 is 2.07. The van der Waals surface area contributed by atoms with Gasteiger partial charge in [-0.1, -0.05) is 17.7 Å². The lowest BCUT2D eigenvalue weighted by Crippen LogP contribution is -2.25. The number of nitrogens with zero attached hydrogens (tertiary/aromatic N) is 2. The topological polar surface area (TPSA) is 160 Å². The van der Waals surface area contributed by atoms with E-state index < -0.39 is 33.6 Å². The number of fused-ring (bicyclic) bond motifs is 1. The Labute approximate surface area is 226 Å². The zero-order valence-corrected chi connectivity index (χ0v) is 23.4. The molecule has 1 aromatic carbocycles.